The molecule has 1 aromatic rings. The van der Waals surface area contributed by atoms with Crippen molar-refractivity contribution in [2.45, 2.75) is 51.7 Å². The normalized spacial score (nSPS) is 29.9. The van der Waals surface area contributed by atoms with Crippen LogP contribution in [0.2, 0.25) is 0 Å². The number of aromatic nitrogens is 1. The standard InChI is InChI=1S/C17H26N2O/c1-11(2)20-15-8-14(9-19-10-15)17(18-3)16-7-12-4-5-13(16)6-12/h8-13,16-18H,4-7H2,1-3H3. The van der Waals surface area contributed by atoms with Gasteiger partial charge in [0.05, 0.1) is 12.3 Å². The van der Waals surface area contributed by atoms with Crippen LogP contribution in [0.4, 0.5) is 0 Å². The van der Waals surface area contributed by atoms with Crippen LogP contribution in [0.15, 0.2) is 18.5 Å². The Morgan fingerprint density at radius 2 is 2.10 bits per heavy atom. The average molecular weight is 274 g/mol. The SMILES string of the molecule is CNC(c1cncc(OC(C)C)c1)C1CC2CCC1C2. The fourth-order valence-corrected chi connectivity index (χ4v) is 4.27. The van der Waals surface area contributed by atoms with Crippen LogP contribution in [-0.4, -0.2) is 18.1 Å². The summed E-state index contributed by atoms with van der Waals surface area (Å²) in [5, 5.41) is 3.53. The molecule has 0 spiro atoms. The van der Waals surface area contributed by atoms with Crippen LogP contribution >= 0.6 is 0 Å². The second-order valence-corrected chi connectivity index (χ2v) is 6.73. The molecule has 4 atom stereocenters. The molecule has 0 amide bonds. The van der Waals surface area contributed by atoms with E-state index in [-0.39, 0.29) is 6.10 Å². The lowest BCUT2D eigenvalue weighted by molar-refractivity contribution is 0.238. The molecule has 0 aromatic carbocycles. The molecule has 1 aromatic heterocycles. The summed E-state index contributed by atoms with van der Waals surface area (Å²) in [7, 11) is 2.08. The Morgan fingerprint density at radius 1 is 1.25 bits per heavy atom. The number of fused-ring (bicyclic) bond motifs is 2. The van der Waals surface area contributed by atoms with Crippen molar-refractivity contribution in [3.05, 3.63) is 24.0 Å². The van der Waals surface area contributed by atoms with Gasteiger partial charge in [-0.15, -0.1) is 0 Å². The number of nitrogens with zero attached hydrogens (tertiary/aromatic N) is 1. The van der Waals surface area contributed by atoms with Crippen LogP contribution in [0.25, 0.3) is 0 Å². The number of rotatable bonds is 5. The van der Waals surface area contributed by atoms with Gasteiger partial charge in [0, 0.05) is 12.2 Å². The summed E-state index contributed by atoms with van der Waals surface area (Å²) < 4.78 is 5.78. The highest BCUT2D eigenvalue weighted by atomic mass is 16.5. The van der Waals surface area contributed by atoms with Gasteiger partial charge in [-0.25, -0.2) is 0 Å². The Bertz CT molecular complexity index is 460. The Kier molecular flexibility index (Phi) is 3.97. The third-order valence-corrected chi connectivity index (χ3v) is 5.00. The molecular weight excluding hydrogens is 248 g/mol. The van der Waals surface area contributed by atoms with Gasteiger partial charge < -0.3 is 10.1 Å². The average Bonchev–Trinajstić information content (AvgIpc) is 3.02. The quantitative estimate of drug-likeness (QED) is 0.891. The number of ether oxygens (including phenoxy) is 1. The van der Waals surface area contributed by atoms with Crippen molar-refractivity contribution in [2.24, 2.45) is 17.8 Å². The zero-order chi connectivity index (χ0) is 14.1. The largest absolute Gasteiger partial charge is 0.489 e. The van der Waals surface area contributed by atoms with Crippen LogP contribution in [-0.2, 0) is 0 Å². The number of pyridine rings is 1. The maximum atomic E-state index is 5.78. The van der Waals surface area contributed by atoms with Crippen molar-refractivity contribution in [1.29, 1.82) is 0 Å². The topological polar surface area (TPSA) is 34.2 Å². The zero-order valence-electron chi connectivity index (χ0n) is 12.8. The molecule has 3 rings (SSSR count). The molecular formula is C17H26N2O. The highest BCUT2D eigenvalue weighted by Gasteiger charge is 2.43. The Morgan fingerprint density at radius 3 is 2.70 bits per heavy atom. The molecule has 2 aliphatic carbocycles. The van der Waals surface area contributed by atoms with Crippen LogP contribution in [0, 0.1) is 17.8 Å². The maximum Gasteiger partial charge on any atom is 0.138 e. The molecule has 3 nitrogen and oxygen atoms in total. The van der Waals surface area contributed by atoms with Crippen molar-refractivity contribution in [1.82, 2.24) is 10.3 Å². The molecule has 1 heterocycles. The van der Waals surface area contributed by atoms with Crippen molar-refractivity contribution in [3.63, 3.8) is 0 Å². The highest BCUT2D eigenvalue weighted by molar-refractivity contribution is 5.27. The molecule has 110 valence electrons. The number of hydrogen-bond acceptors (Lipinski definition) is 3. The van der Waals surface area contributed by atoms with Crippen LogP contribution < -0.4 is 10.1 Å². The minimum absolute atomic E-state index is 0.197. The Hall–Kier alpha value is -1.09. The molecule has 2 bridgehead atoms. The monoisotopic (exact) mass is 274 g/mol. The van der Waals surface area contributed by atoms with E-state index < -0.39 is 0 Å². The van der Waals surface area contributed by atoms with Gasteiger partial charge in [-0.3, -0.25) is 4.98 Å². The first-order valence-electron chi connectivity index (χ1n) is 7.96. The summed E-state index contributed by atoms with van der Waals surface area (Å²) in [6, 6.07) is 2.59. The van der Waals surface area contributed by atoms with Gasteiger partial charge in [-0.2, -0.15) is 0 Å². The summed E-state index contributed by atoms with van der Waals surface area (Å²) in [6.45, 7) is 4.11. The van der Waals surface area contributed by atoms with E-state index in [4.69, 9.17) is 4.74 Å². The van der Waals surface area contributed by atoms with E-state index in [1.165, 1.54) is 31.2 Å². The number of nitrogens with one attached hydrogen (secondary N) is 1. The molecule has 2 aliphatic rings. The molecule has 4 unspecified atom stereocenters. The summed E-state index contributed by atoms with van der Waals surface area (Å²) in [5.74, 6) is 3.55. The van der Waals surface area contributed by atoms with Crippen molar-refractivity contribution in [3.8, 4) is 5.75 Å². The fourth-order valence-electron chi connectivity index (χ4n) is 4.27. The van der Waals surface area contributed by atoms with E-state index in [2.05, 4.69) is 37.3 Å². The molecule has 20 heavy (non-hydrogen) atoms. The second kappa shape index (κ2) is 5.72. The van der Waals surface area contributed by atoms with Gasteiger partial charge in [-0.05, 0) is 69.5 Å². The molecule has 0 radical (unpaired) electrons. The fraction of sp³-hybridized carbons (Fsp3) is 0.706. The Labute approximate surface area is 122 Å². The minimum atomic E-state index is 0.197. The maximum absolute atomic E-state index is 5.78. The van der Waals surface area contributed by atoms with E-state index >= 15 is 0 Å². The van der Waals surface area contributed by atoms with Crippen molar-refractivity contribution in [2.75, 3.05) is 7.05 Å². The molecule has 0 saturated heterocycles. The molecule has 2 fully saturated rings. The van der Waals surface area contributed by atoms with E-state index in [0.717, 1.165) is 23.5 Å². The summed E-state index contributed by atoms with van der Waals surface area (Å²) in [6.07, 6.45) is 9.71. The first-order chi connectivity index (χ1) is 9.67. The predicted octanol–water partition coefficient (Wildman–Crippen LogP) is 3.57. The summed E-state index contributed by atoms with van der Waals surface area (Å²) in [4.78, 5) is 4.38. The lowest BCUT2D eigenvalue weighted by atomic mass is 9.81. The Balaban J connectivity index is 1.79. The number of hydrogen-bond donors (Lipinski definition) is 1. The first-order valence-corrected chi connectivity index (χ1v) is 7.96. The molecule has 3 heteroatoms. The van der Waals surface area contributed by atoms with Crippen LogP contribution in [0.1, 0.15) is 51.1 Å². The predicted molar refractivity (Wildman–Crippen MR) is 80.7 cm³/mol. The van der Waals surface area contributed by atoms with Gasteiger partial charge in [0.1, 0.15) is 5.75 Å². The van der Waals surface area contributed by atoms with E-state index in [9.17, 15) is 0 Å². The van der Waals surface area contributed by atoms with E-state index in [1.54, 1.807) is 0 Å². The van der Waals surface area contributed by atoms with Crippen LogP contribution in [0.5, 0.6) is 5.75 Å². The van der Waals surface area contributed by atoms with Gasteiger partial charge in [0.25, 0.3) is 0 Å². The van der Waals surface area contributed by atoms with Crippen molar-refractivity contribution < 1.29 is 4.74 Å². The van der Waals surface area contributed by atoms with E-state index in [1.807, 2.05) is 12.4 Å². The first kappa shape index (κ1) is 13.9. The molecule has 2 saturated carbocycles. The van der Waals surface area contributed by atoms with Gasteiger partial charge in [0.15, 0.2) is 0 Å². The van der Waals surface area contributed by atoms with Gasteiger partial charge in [0.2, 0.25) is 0 Å². The lowest BCUT2D eigenvalue weighted by Gasteiger charge is -2.30. The summed E-state index contributed by atoms with van der Waals surface area (Å²) >= 11 is 0. The highest BCUT2D eigenvalue weighted by Crippen LogP contribution is 2.52. The minimum Gasteiger partial charge on any atom is -0.489 e. The molecule has 1 N–H and O–H groups in total. The van der Waals surface area contributed by atoms with Gasteiger partial charge >= 0.3 is 0 Å². The third-order valence-electron chi connectivity index (χ3n) is 5.00. The van der Waals surface area contributed by atoms with Crippen molar-refractivity contribution >= 4 is 0 Å². The lowest BCUT2D eigenvalue weighted by Crippen LogP contribution is -2.29. The smallest absolute Gasteiger partial charge is 0.138 e. The zero-order valence-corrected chi connectivity index (χ0v) is 12.8. The third kappa shape index (κ3) is 2.69. The molecule has 0 aliphatic heterocycles. The summed E-state index contributed by atoms with van der Waals surface area (Å²) in [5.41, 5.74) is 1.28. The van der Waals surface area contributed by atoms with Gasteiger partial charge in [-0.1, -0.05) is 6.42 Å². The van der Waals surface area contributed by atoms with Crippen LogP contribution in [0.3, 0.4) is 0 Å². The van der Waals surface area contributed by atoms with E-state index in [0.29, 0.717) is 6.04 Å². The second-order valence-electron chi connectivity index (χ2n) is 6.73.